The maximum atomic E-state index is 13.0. The molecule has 0 aliphatic carbocycles. The van der Waals surface area contributed by atoms with E-state index in [2.05, 4.69) is 29.8 Å². The van der Waals surface area contributed by atoms with Gasteiger partial charge >= 0.3 is 12.0 Å². The monoisotopic (exact) mass is 450 g/mol. The first-order chi connectivity index (χ1) is 15.0. The molecule has 11 heteroatoms. The van der Waals surface area contributed by atoms with Gasteiger partial charge < -0.3 is 20.3 Å². The fraction of sp³-hybridized carbons (Fsp3) is 0.500. The number of anilines is 1. The molecule has 1 aliphatic heterocycles. The van der Waals surface area contributed by atoms with Crippen LogP contribution in [-0.4, -0.2) is 78.7 Å². The normalized spacial score (nSPS) is 14.3. The molecule has 0 radical (unpaired) electrons. The van der Waals surface area contributed by atoms with Crippen LogP contribution in [0.1, 0.15) is 18.3 Å². The van der Waals surface area contributed by atoms with Gasteiger partial charge in [0.25, 0.3) is 0 Å². The van der Waals surface area contributed by atoms with Crippen molar-refractivity contribution >= 4 is 28.7 Å². The Labute approximate surface area is 184 Å². The largest absolute Gasteiger partial charge is 0.465 e. The van der Waals surface area contributed by atoms with Crippen LogP contribution in [-0.2, 0) is 16.0 Å². The molecular formula is C20H27FN6O3S. The van der Waals surface area contributed by atoms with Gasteiger partial charge in [0.15, 0.2) is 0 Å². The fourth-order valence-corrected chi connectivity index (χ4v) is 3.88. The second kappa shape index (κ2) is 11.6. The molecule has 3 rings (SSSR count). The summed E-state index contributed by atoms with van der Waals surface area (Å²) in [5.74, 6) is 0.0411. The average Bonchev–Trinajstić information content (AvgIpc) is 3.23. The summed E-state index contributed by atoms with van der Waals surface area (Å²) in [5.41, 5.74) is 0.981. The zero-order valence-corrected chi connectivity index (χ0v) is 18.3. The lowest BCUT2D eigenvalue weighted by atomic mass is 10.1. The number of nitrogens with one attached hydrogen (secondary N) is 2. The van der Waals surface area contributed by atoms with E-state index in [1.807, 2.05) is 0 Å². The van der Waals surface area contributed by atoms with Crippen LogP contribution >= 0.6 is 11.5 Å². The molecule has 1 aromatic carbocycles. The van der Waals surface area contributed by atoms with E-state index < -0.39 is 5.97 Å². The summed E-state index contributed by atoms with van der Waals surface area (Å²) < 4.78 is 22.2. The first-order valence-corrected chi connectivity index (χ1v) is 11.0. The van der Waals surface area contributed by atoms with Crippen LogP contribution in [0.4, 0.5) is 14.3 Å². The van der Waals surface area contributed by atoms with Crippen LogP contribution in [0.25, 0.3) is 0 Å². The highest BCUT2D eigenvalue weighted by molar-refractivity contribution is 7.09. The highest BCUT2D eigenvalue weighted by Gasteiger charge is 2.20. The van der Waals surface area contributed by atoms with E-state index >= 15 is 0 Å². The molecule has 2 aromatic rings. The van der Waals surface area contributed by atoms with Crippen molar-refractivity contribution in [3.8, 4) is 0 Å². The summed E-state index contributed by atoms with van der Waals surface area (Å²) in [4.78, 5) is 32.0. The van der Waals surface area contributed by atoms with Crippen molar-refractivity contribution in [2.24, 2.45) is 0 Å². The van der Waals surface area contributed by atoms with Crippen molar-refractivity contribution in [2.45, 2.75) is 13.3 Å². The standard InChI is InChI=1S/C20H27FN6O3S/c1-2-30-18(28)14-23-19(29)22-7-8-26-9-11-27(12-10-26)20-24-17(25-31-20)13-15-3-5-16(21)6-4-15/h3-6H,2,7-14H2,1H3,(H2,22,23,29). The number of esters is 1. The molecule has 0 atom stereocenters. The first-order valence-electron chi connectivity index (χ1n) is 10.2. The predicted octanol–water partition coefficient (Wildman–Crippen LogP) is 1.25. The average molecular weight is 451 g/mol. The SMILES string of the molecule is CCOC(=O)CNC(=O)NCCN1CCN(c2nc(Cc3ccc(F)cc3)ns2)CC1. The summed E-state index contributed by atoms with van der Waals surface area (Å²) in [6, 6.07) is 6.01. The molecule has 0 saturated carbocycles. The molecule has 168 valence electrons. The van der Waals surface area contributed by atoms with Crippen molar-refractivity contribution in [2.75, 3.05) is 57.3 Å². The van der Waals surface area contributed by atoms with Crippen molar-refractivity contribution in [1.29, 1.82) is 0 Å². The molecule has 0 bridgehead atoms. The highest BCUT2D eigenvalue weighted by atomic mass is 32.1. The van der Waals surface area contributed by atoms with Crippen LogP contribution < -0.4 is 15.5 Å². The molecule has 1 saturated heterocycles. The number of nitrogens with zero attached hydrogens (tertiary/aromatic N) is 4. The highest BCUT2D eigenvalue weighted by Crippen LogP contribution is 2.20. The summed E-state index contributed by atoms with van der Waals surface area (Å²) in [5, 5.41) is 6.11. The molecule has 0 unspecified atom stereocenters. The minimum atomic E-state index is -0.453. The molecule has 1 fully saturated rings. The van der Waals surface area contributed by atoms with Gasteiger partial charge in [-0.3, -0.25) is 9.69 Å². The minimum Gasteiger partial charge on any atom is -0.465 e. The van der Waals surface area contributed by atoms with E-state index in [9.17, 15) is 14.0 Å². The van der Waals surface area contributed by atoms with E-state index in [1.54, 1.807) is 19.1 Å². The summed E-state index contributed by atoms with van der Waals surface area (Å²) in [6.45, 7) is 6.49. The number of benzene rings is 1. The zero-order chi connectivity index (χ0) is 22.1. The number of amides is 2. The lowest BCUT2D eigenvalue weighted by Gasteiger charge is -2.34. The van der Waals surface area contributed by atoms with E-state index in [0.29, 0.717) is 19.6 Å². The molecule has 0 spiro atoms. The lowest BCUT2D eigenvalue weighted by molar-refractivity contribution is -0.141. The molecule has 31 heavy (non-hydrogen) atoms. The van der Waals surface area contributed by atoms with Crippen LogP contribution in [0, 0.1) is 5.82 Å². The van der Waals surface area contributed by atoms with Crippen molar-refractivity contribution in [3.63, 3.8) is 0 Å². The lowest BCUT2D eigenvalue weighted by Crippen LogP contribution is -2.49. The van der Waals surface area contributed by atoms with Gasteiger partial charge in [0.2, 0.25) is 5.13 Å². The number of hydrogen-bond donors (Lipinski definition) is 2. The number of aromatic nitrogens is 2. The number of carbonyl (C=O) groups is 2. The Bertz CT molecular complexity index is 855. The molecule has 2 N–H and O–H groups in total. The Balaban J connectivity index is 1.34. The van der Waals surface area contributed by atoms with E-state index in [4.69, 9.17) is 4.74 Å². The van der Waals surface area contributed by atoms with Gasteiger partial charge in [0.1, 0.15) is 18.2 Å². The number of halogens is 1. The van der Waals surface area contributed by atoms with Crippen molar-refractivity contribution in [1.82, 2.24) is 24.9 Å². The minimum absolute atomic E-state index is 0.136. The van der Waals surface area contributed by atoms with E-state index in [1.165, 1.54) is 23.7 Å². The third-order valence-corrected chi connectivity index (χ3v) is 5.60. The zero-order valence-electron chi connectivity index (χ0n) is 17.5. The van der Waals surface area contributed by atoms with Crippen LogP contribution in [0.15, 0.2) is 24.3 Å². The molecule has 9 nitrogen and oxygen atoms in total. The smallest absolute Gasteiger partial charge is 0.325 e. The fourth-order valence-electron chi connectivity index (χ4n) is 3.15. The third kappa shape index (κ3) is 7.44. The van der Waals surface area contributed by atoms with Gasteiger partial charge in [-0.05, 0) is 24.6 Å². The number of carbonyl (C=O) groups excluding carboxylic acids is 2. The number of ether oxygens (including phenoxy) is 1. The Kier molecular flexibility index (Phi) is 8.53. The maximum absolute atomic E-state index is 13.0. The van der Waals surface area contributed by atoms with Gasteiger partial charge in [0.05, 0.1) is 6.61 Å². The maximum Gasteiger partial charge on any atom is 0.325 e. The number of piperazine rings is 1. The summed E-state index contributed by atoms with van der Waals surface area (Å²) in [7, 11) is 0. The molecule has 1 aliphatic rings. The topological polar surface area (TPSA) is 99.7 Å². The second-order valence-electron chi connectivity index (χ2n) is 7.04. The van der Waals surface area contributed by atoms with Crippen LogP contribution in [0.5, 0.6) is 0 Å². The van der Waals surface area contributed by atoms with Crippen molar-refractivity contribution in [3.05, 3.63) is 41.5 Å². The predicted molar refractivity (Wildman–Crippen MR) is 116 cm³/mol. The Hall–Kier alpha value is -2.79. The molecule has 2 amide bonds. The number of rotatable bonds is 9. The van der Waals surface area contributed by atoms with E-state index in [0.717, 1.165) is 49.2 Å². The van der Waals surface area contributed by atoms with Gasteiger partial charge in [-0.1, -0.05) is 12.1 Å². The summed E-state index contributed by atoms with van der Waals surface area (Å²) >= 11 is 1.38. The Morgan fingerprint density at radius 1 is 1.16 bits per heavy atom. The van der Waals surface area contributed by atoms with Gasteiger partial charge in [-0.15, -0.1) is 0 Å². The van der Waals surface area contributed by atoms with Gasteiger partial charge in [0, 0.05) is 57.2 Å². The van der Waals surface area contributed by atoms with Crippen LogP contribution in [0.2, 0.25) is 0 Å². The number of urea groups is 1. The quantitative estimate of drug-likeness (QED) is 0.555. The molecule has 2 heterocycles. The Morgan fingerprint density at radius 3 is 2.61 bits per heavy atom. The molecular weight excluding hydrogens is 423 g/mol. The summed E-state index contributed by atoms with van der Waals surface area (Å²) in [6.07, 6.45) is 0.584. The van der Waals surface area contributed by atoms with Gasteiger partial charge in [-0.25, -0.2) is 14.2 Å². The Morgan fingerprint density at radius 2 is 1.90 bits per heavy atom. The number of hydrogen-bond acceptors (Lipinski definition) is 8. The van der Waals surface area contributed by atoms with Gasteiger partial charge in [-0.2, -0.15) is 4.37 Å². The second-order valence-corrected chi connectivity index (χ2v) is 7.77. The van der Waals surface area contributed by atoms with Crippen LogP contribution in [0.3, 0.4) is 0 Å². The molecule has 1 aromatic heterocycles. The van der Waals surface area contributed by atoms with E-state index in [-0.39, 0.29) is 18.4 Å². The van der Waals surface area contributed by atoms with Crippen molar-refractivity contribution < 1.29 is 18.7 Å². The third-order valence-electron chi connectivity index (χ3n) is 4.79. The first kappa shape index (κ1) is 22.9.